The van der Waals surface area contributed by atoms with Crippen LogP contribution in [0.5, 0.6) is 5.75 Å². The van der Waals surface area contributed by atoms with Gasteiger partial charge < -0.3 is 10.1 Å². The highest BCUT2D eigenvalue weighted by atomic mass is 32.2. The van der Waals surface area contributed by atoms with Crippen molar-refractivity contribution in [3.05, 3.63) is 89.5 Å². The van der Waals surface area contributed by atoms with E-state index in [2.05, 4.69) is 10.0 Å². The van der Waals surface area contributed by atoms with Crippen LogP contribution in [-0.4, -0.2) is 27.5 Å². The number of hydrogen-bond donors (Lipinski definition) is 2. The van der Waals surface area contributed by atoms with Crippen LogP contribution in [0.2, 0.25) is 0 Å². The van der Waals surface area contributed by atoms with Gasteiger partial charge in [-0.15, -0.1) is 0 Å². The fraction of sp³-hybridized carbons (Fsp3) is 0.240. The zero-order chi connectivity index (χ0) is 23.0. The van der Waals surface area contributed by atoms with Crippen molar-refractivity contribution in [3.63, 3.8) is 0 Å². The van der Waals surface area contributed by atoms with Crippen molar-refractivity contribution in [3.8, 4) is 5.75 Å². The molecule has 0 heterocycles. The first kappa shape index (κ1) is 23.3. The SMILES string of the molecule is CCOc1ccccc1CCCNC(=O)c1ccc(NS(=O)(=O)c2ccc(C)cc2)cc1. The Labute approximate surface area is 189 Å². The summed E-state index contributed by atoms with van der Waals surface area (Å²) in [7, 11) is -3.68. The fourth-order valence-corrected chi connectivity index (χ4v) is 4.27. The van der Waals surface area contributed by atoms with Gasteiger partial charge in [0.2, 0.25) is 0 Å². The molecule has 0 aliphatic rings. The second-order valence-corrected chi connectivity index (χ2v) is 9.08. The van der Waals surface area contributed by atoms with Crippen molar-refractivity contribution in [2.45, 2.75) is 31.6 Å². The Morgan fingerprint density at radius 3 is 2.31 bits per heavy atom. The number of aryl methyl sites for hydroxylation is 2. The smallest absolute Gasteiger partial charge is 0.261 e. The average Bonchev–Trinajstić information content (AvgIpc) is 2.78. The Hall–Kier alpha value is -3.32. The molecule has 0 aliphatic heterocycles. The number of carbonyl (C=O) groups is 1. The van der Waals surface area contributed by atoms with E-state index < -0.39 is 10.0 Å². The topological polar surface area (TPSA) is 84.5 Å². The zero-order valence-electron chi connectivity index (χ0n) is 18.3. The van der Waals surface area contributed by atoms with E-state index in [0.29, 0.717) is 24.4 Å². The summed E-state index contributed by atoms with van der Waals surface area (Å²) in [5, 5.41) is 2.90. The molecule has 2 N–H and O–H groups in total. The molecule has 0 fully saturated rings. The summed E-state index contributed by atoms with van der Waals surface area (Å²) in [6.45, 7) is 5.00. The van der Waals surface area contributed by atoms with Crippen LogP contribution in [0, 0.1) is 6.92 Å². The standard InChI is InChI=1S/C25H28N2O4S/c1-3-31-24-9-5-4-7-20(24)8-6-18-26-25(28)21-12-14-22(15-13-21)27-32(29,30)23-16-10-19(2)11-17-23/h4-5,7,9-17,27H,3,6,8,18H2,1-2H3,(H,26,28). The minimum absolute atomic E-state index is 0.191. The van der Waals surface area contributed by atoms with Gasteiger partial charge in [0.1, 0.15) is 5.75 Å². The quantitative estimate of drug-likeness (QED) is 0.442. The molecule has 3 aromatic rings. The molecule has 0 radical (unpaired) electrons. The van der Waals surface area contributed by atoms with E-state index in [-0.39, 0.29) is 10.8 Å². The molecule has 0 unspecified atom stereocenters. The van der Waals surface area contributed by atoms with E-state index in [1.165, 1.54) is 0 Å². The maximum absolute atomic E-state index is 12.5. The predicted molar refractivity (Wildman–Crippen MR) is 127 cm³/mol. The number of sulfonamides is 1. The second kappa shape index (κ2) is 10.8. The van der Waals surface area contributed by atoms with Gasteiger partial charge in [0.05, 0.1) is 11.5 Å². The number of anilines is 1. The highest BCUT2D eigenvalue weighted by Gasteiger charge is 2.14. The molecule has 0 saturated carbocycles. The van der Waals surface area contributed by atoms with Crippen LogP contribution in [0.4, 0.5) is 5.69 Å². The van der Waals surface area contributed by atoms with Crippen LogP contribution in [0.3, 0.4) is 0 Å². The summed E-state index contributed by atoms with van der Waals surface area (Å²) in [4.78, 5) is 12.6. The number of amides is 1. The molecular formula is C25H28N2O4S. The molecule has 0 spiro atoms. The summed E-state index contributed by atoms with van der Waals surface area (Å²) in [6, 6.07) is 20.9. The first-order chi connectivity index (χ1) is 15.4. The third-order valence-electron chi connectivity index (χ3n) is 4.91. The van der Waals surface area contributed by atoms with Crippen molar-refractivity contribution < 1.29 is 17.9 Å². The molecule has 168 valence electrons. The first-order valence-corrected chi connectivity index (χ1v) is 12.1. The number of nitrogens with one attached hydrogen (secondary N) is 2. The van der Waals surface area contributed by atoms with E-state index >= 15 is 0 Å². The Kier molecular flexibility index (Phi) is 7.89. The second-order valence-electron chi connectivity index (χ2n) is 7.40. The summed E-state index contributed by atoms with van der Waals surface area (Å²) in [6.07, 6.45) is 1.58. The summed E-state index contributed by atoms with van der Waals surface area (Å²) in [5.74, 6) is 0.682. The van der Waals surface area contributed by atoms with Gasteiger partial charge in [0, 0.05) is 17.8 Å². The molecule has 6 nitrogen and oxygen atoms in total. The molecule has 7 heteroatoms. The van der Waals surface area contributed by atoms with Crippen molar-refractivity contribution in [1.82, 2.24) is 5.32 Å². The molecule has 0 atom stereocenters. The molecule has 1 amide bonds. The molecule has 0 aromatic heterocycles. The molecule has 0 aliphatic carbocycles. The lowest BCUT2D eigenvalue weighted by molar-refractivity contribution is 0.0953. The van der Waals surface area contributed by atoms with Crippen molar-refractivity contribution >= 4 is 21.6 Å². The lowest BCUT2D eigenvalue weighted by Crippen LogP contribution is -2.24. The monoisotopic (exact) mass is 452 g/mol. The van der Waals surface area contributed by atoms with Crippen molar-refractivity contribution in [2.75, 3.05) is 17.9 Å². The van der Waals surface area contributed by atoms with Gasteiger partial charge in [0.15, 0.2) is 0 Å². The van der Waals surface area contributed by atoms with Gasteiger partial charge in [-0.2, -0.15) is 0 Å². The van der Waals surface area contributed by atoms with Crippen LogP contribution in [0.15, 0.2) is 77.7 Å². The lowest BCUT2D eigenvalue weighted by Gasteiger charge is -2.11. The average molecular weight is 453 g/mol. The number of ether oxygens (including phenoxy) is 1. The number of para-hydroxylation sites is 1. The summed E-state index contributed by atoms with van der Waals surface area (Å²) in [5.41, 5.74) is 2.97. The number of rotatable bonds is 10. The highest BCUT2D eigenvalue weighted by molar-refractivity contribution is 7.92. The number of hydrogen-bond acceptors (Lipinski definition) is 4. The molecule has 3 aromatic carbocycles. The molecule has 0 bridgehead atoms. The van der Waals surface area contributed by atoms with Crippen molar-refractivity contribution in [1.29, 1.82) is 0 Å². The maximum Gasteiger partial charge on any atom is 0.261 e. The van der Waals surface area contributed by atoms with E-state index in [0.717, 1.165) is 29.7 Å². The maximum atomic E-state index is 12.5. The predicted octanol–water partition coefficient (Wildman–Crippen LogP) is 4.56. The van der Waals surface area contributed by atoms with Gasteiger partial charge >= 0.3 is 0 Å². The molecular weight excluding hydrogens is 424 g/mol. The number of carbonyl (C=O) groups excluding carboxylic acids is 1. The summed E-state index contributed by atoms with van der Waals surface area (Å²) >= 11 is 0. The first-order valence-electron chi connectivity index (χ1n) is 10.6. The van der Waals surface area contributed by atoms with E-state index in [1.807, 2.05) is 38.1 Å². The lowest BCUT2D eigenvalue weighted by atomic mass is 10.1. The van der Waals surface area contributed by atoms with E-state index in [1.54, 1.807) is 48.5 Å². The van der Waals surface area contributed by atoms with Crippen molar-refractivity contribution in [2.24, 2.45) is 0 Å². The Morgan fingerprint density at radius 1 is 0.938 bits per heavy atom. The van der Waals surface area contributed by atoms with E-state index in [4.69, 9.17) is 4.74 Å². The summed E-state index contributed by atoms with van der Waals surface area (Å²) < 4.78 is 33.1. The zero-order valence-corrected chi connectivity index (χ0v) is 19.1. The third-order valence-corrected chi connectivity index (χ3v) is 6.31. The normalized spacial score (nSPS) is 11.1. The largest absolute Gasteiger partial charge is 0.494 e. The van der Waals surface area contributed by atoms with Crippen LogP contribution in [-0.2, 0) is 16.4 Å². The molecule has 32 heavy (non-hydrogen) atoms. The minimum Gasteiger partial charge on any atom is -0.494 e. The Balaban J connectivity index is 1.51. The van der Waals surface area contributed by atoms with Crippen LogP contribution >= 0.6 is 0 Å². The van der Waals surface area contributed by atoms with Crippen LogP contribution < -0.4 is 14.8 Å². The third kappa shape index (κ3) is 6.34. The molecule has 3 rings (SSSR count). The van der Waals surface area contributed by atoms with Crippen LogP contribution in [0.25, 0.3) is 0 Å². The highest BCUT2D eigenvalue weighted by Crippen LogP contribution is 2.20. The minimum atomic E-state index is -3.68. The fourth-order valence-electron chi connectivity index (χ4n) is 3.21. The van der Waals surface area contributed by atoms with E-state index in [9.17, 15) is 13.2 Å². The van der Waals surface area contributed by atoms with Gasteiger partial charge in [-0.25, -0.2) is 8.42 Å². The van der Waals surface area contributed by atoms with Crippen LogP contribution in [0.1, 0.15) is 34.8 Å². The van der Waals surface area contributed by atoms with Gasteiger partial charge in [0.25, 0.3) is 15.9 Å². The Bertz CT molecular complexity index is 1140. The molecule has 0 saturated heterocycles. The van der Waals surface area contributed by atoms with Gasteiger partial charge in [-0.3, -0.25) is 9.52 Å². The van der Waals surface area contributed by atoms with Gasteiger partial charge in [-0.1, -0.05) is 35.9 Å². The van der Waals surface area contributed by atoms with Gasteiger partial charge in [-0.05, 0) is 74.7 Å². The Morgan fingerprint density at radius 2 is 1.62 bits per heavy atom. The number of benzene rings is 3.